The van der Waals surface area contributed by atoms with Gasteiger partial charge in [-0.25, -0.2) is 14.0 Å². The molecule has 0 fully saturated rings. The molecule has 1 amide bonds. The van der Waals surface area contributed by atoms with Crippen molar-refractivity contribution in [1.29, 1.82) is 0 Å². The van der Waals surface area contributed by atoms with E-state index in [0.717, 1.165) is 5.56 Å². The fourth-order valence-corrected chi connectivity index (χ4v) is 3.02. The number of nitrogens with one attached hydrogen (secondary N) is 1. The van der Waals surface area contributed by atoms with Gasteiger partial charge >= 0.3 is 18.0 Å². The molecule has 1 rings (SSSR count). The van der Waals surface area contributed by atoms with Crippen molar-refractivity contribution < 1.29 is 33.0 Å². The fraction of sp³-hybridized carbons (Fsp3) is 0.654. The molecule has 1 N–H and O–H groups in total. The lowest BCUT2D eigenvalue weighted by atomic mass is 9.92. The van der Waals surface area contributed by atoms with Gasteiger partial charge in [-0.2, -0.15) is 0 Å². The van der Waals surface area contributed by atoms with Gasteiger partial charge in [-0.15, -0.1) is 0 Å². The highest BCUT2D eigenvalue weighted by Crippen LogP contribution is 2.22. The molecule has 7 nitrogen and oxygen atoms in total. The quantitative estimate of drug-likeness (QED) is 0.402. The van der Waals surface area contributed by atoms with Crippen molar-refractivity contribution in [2.45, 2.75) is 105 Å². The van der Waals surface area contributed by atoms with Crippen LogP contribution in [0.2, 0.25) is 0 Å². The van der Waals surface area contributed by atoms with Crippen LogP contribution in [0.15, 0.2) is 24.3 Å². The van der Waals surface area contributed by atoms with Crippen LogP contribution in [0.3, 0.4) is 0 Å². The first kappa shape index (κ1) is 29.4. The monoisotopic (exact) mass is 480 g/mol. The Labute approximate surface area is 202 Å². The van der Waals surface area contributed by atoms with Gasteiger partial charge in [0.25, 0.3) is 0 Å². The average molecular weight is 481 g/mol. The third-order valence-corrected chi connectivity index (χ3v) is 4.30. The number of carbonyl (C=O) groups excluding carboxylic acids is 3. The van der Waals surface area contributed by atoms with Gasteiger partial charge in [-0.1, -0.05) is 24.3 Å². The van der Waals surface area contributed by atoms with Gasteiger partial charge in [-0.3, -0.25) is 4.79 Å². The van der Waals surface area contributed by atoms with E-state index in [9.17, 15) is 18.8 Å². The molecule has 34 heavy (non-hydrogen) atoms. The van der Waals surface area contributed by atoms with Crippen LogP contribution in [-0.2, 0) is 36.9 Å². The molecule has 1 unspecified atom stereocenters. The topological polar surface area (TPSA) is 90.9 Å². The third kappa shape index (κ3) is 12.0. The SMILES string of the molecule is CC(C)(C)OC(=O)N[C@@H](CC(Cc1ccc(C[18F])cc1)C(=O)OC(C)(C)C)C(=O)OC(C)(C)C. The molecule has 0 spiro atoms. The molecule has 0 bridgehead atoms. The number of hydrogen-bond donors (Lipinski definition) is 1. The number of ether oxygens (including phenoxy) is 3. The summed E-state index contributed by atoms with van der Waals surface area (Å²) < 4.78 is 29.3. The van der Waals surface area contributed by atoms with Crippen molar-refractivity contribution in [1.82, 2.24) is 5.32 Å². The lowest BCUT2D eigenvalue weighted by Gasteiger charge is -2.29. The van der Waals surface area contributed by atoms with E-state index in [1.54, 1.807) is 86.6 Å². The number of benzene rings is 1. The molecule has 0 radical (unpaired) electrons. The minimum Gasteiger partial charge on any atom is -0.460 e. The lowest BCUT2D eigenvalue weighted by Crippen LogP contribution is -2.48. The highest BCUT2D eigenvalue weighted by Gasteiger charge is 2.35. The molecule has 2 atom stereocenters. The zero-order valence-corrected chi connectivity index (χ0v) is 21.9. The zero-order valence-electron chi connectivity index (χ0n) is 21.9. The predicted molar refractivity (Wildman–Crippen MR) is 128 cm³/mol. The highest BCUT2D eigenvalue weighted by molar-refractivity contribution is 5.83. The van der Waals surface area contributed by atoms with Gasteiger partial charge in [0, 0.05) is 0 Å². The Kier molecular flexibility index (Phi) is 10.1. The van der Waals surface area contributed by atoms with Crippen LogP contribution in [0, 0.1) is 5.92 Å². The van der Waals surface area contributed by atoms with E-state index >= 15 is 0 Å². The zero-order chi connectivity index (χ0) is 26.3. The molecule has 1 aromatic carbocycles. The average Bonchev–Trinajstić information content (AvgIpc) is 2.63. The van der Waals surface area contributed by atoms with Crippen molar-refractivity contribution in [3.05, 3.63) is 35.4 Å². The molecule has 0 saturated heterocycles. The summed E-state index contributed by atoms with van der Waals surface area (Å²) in [7, 11) is 0. The smallest absolute Gasteiger partial charge is 0.408 e. The van der Waals surface area contributed by atoms with Crippen LogP contribution in [0.1, 0.15) is 79.9 Å². The molecule has 0 aliphatic carbocycles. The number of esters is 2. The number of rotatable bonds is 8. The van der Waals surface area contributed by atoms with Crippen molar-refractivity contribution in [3.63, 3.8) is 0 Å². The summed E-state index contributed by atoms with van der Waals surface area (Å²) in [5.41, 5.74) is -1.02. The number of alkyl carbamates (subject to hydrolysis) is 1. The first-order valence-corrected chi connectivity index (χ1v) is 11.5. The lowest BCUT2D eigenvalue weighted by molar-refractivity contribution is -0.162. The molecule has 8 heteroatoms. The Hall–Kier alpha value is -2.64. The van der Waals surface area contributed by atoms with E-state index < -0.39 is 53.5 Å². The molecule has 0 aliphatic rings. The third-order valence-electron chi connectivity index (χ3n) is 4.30. The Morgan fingerprint density at radius 1 is 0.765 bits per heavy atom. The summed E-state index contributed by atoms with van der Waals surface area (Å²) in [6, 6.07) is 5.61. The van der Waals surface area contributed by atoms with Crippen LogP contribution < -0.4 is 5.32 Å². The van der Waals surface area contributed by atoms with Crippen molar-refractivity contribution in [2.24, 2.45) is 5.92 Å². The minimum absolute atomic E-state index is 0.0616. The fourth-order valence-electron chi connectivity index (χ4n) is 3.02. The van der Waals surface area contributed by atoms with Gasteiger partial charge < -0.3 is 19.5 Å². The molecular weight excluding hydrogens is 440 g/mol. The van der Waals surface area contributed by atoms with E-state index in [1.165, 1.54) is 0 Å². The van der Waals surface area contributed by atoms with E-state index in [2.05, 4.69) is 5.32 Å². The van der Waals surface area contributed by atoms with Gasteiger partial charge in [0.2, 0.25) is 0 Å². The number of carbonyl (C=O) groups is 3. The van der Waals surface area contributed by atoms with Gasteiger partial charge in [0.05, 0.1) is 5.92 Å². The predicted octanol–water partition coefficient (Wildman–Crippen LogP) is 5.28. The van der Waals surface area contributed by atoms with E-state index in [-0.39, 0.29) is 12.8 Å². The van der Waals surface area contributed by atoms with E-state index in [1.807, 2.05) is 0 Å². The molecule has 0 aliphatic heterocycles. The first-order valence-electron chi connectivity index (χ1n) is 11.5. The van der Waals surface area contributed by atoms with Crippen LogP contribution >= 0.6 is 0 Å². The number of amides is 1. The van der Waals surface area contributed by atoms with E-state index in [4.69, 9.17) is 14.2 Å². The van der Waals surface area contributed by atoms with Crippen LogP contribution in [0.25, 0.3) is 0 Å². The second-order valence-electron chi connectivity index (χ2n) is 11.4. The Morgan fingerprint density at radius 2 is 1.21 bits per heavy atom. The largest absolute Gasteiger partial charge is 0.460 e. The molecular formula is C26H40FNO6. The summed E-state index contributed by atoms with van der Waals surface area (Å²) in [5.74, 6) is -1.97. The summed E-state index contributed by atoms with van der Waals surface area (Å²) in [6.07, 6.45) is -0.622. The molecule has 0 aromatic heterocycles. The number of hydrogen-bond acceptors (Lipinski definition) is 6. The number of alkyl halides is 1. The Bertz CT molecular complexity index is 831. The summed E-state index contributed by atoms with van der Waals surface area (Å²) in [5, 5.41) is 2.56. The van der Waals surface area contributed by atoms with Crippen LogP contribution in [0.4, 0.5) is 9.18 Å². The highest BCUT2D eigenvalue weighted by atomic mass is 18.2. The second kappa shape index (κ2) is 11.7. The summed E-state index contributed by atoms with van der Waals surface area (Å²) >= 11 is 0. The number of halogens is 1. The standard InChI is InChI=1S/C26H40FNO6/c1-24(2,3)32-21(29)19(14-17-10-12-18(16-27)13-11-17)15-20(22(30)33-25(4,5)6)28-23(31)34-26(7,8)9/h10-13,19-20H,14-16H2,1-9H3,(H,28,31)/t19?,20-/m0/s1/i27-1. The maximum Gasteiger partial charge on any atom is 0.408 e. The maximum atomic E-state index is 13.1. The maximum absolute atomic E-state index is 13.1. The minimum atomic E-state index is -1.14. The second-order valence-corrected chi connectivity index (χ2v) is 11.4. The van der Waals surface area contributed by atoms with Crippen molar-refractivity contribution in [3.8, 4) is 0 Å². The van der Waals surface area contributed by atoms with Crippen LogP contribution in [0.5, 0.6) is 0 Å². The summed E-state index contributed by atoms with van der Waals surface area (Å²) in [6.45, 7) is 14.9. The van der Waals surface area contributed by atoms with Crippen molar-refractivity contribution in [2.75, 3.05) is 0 Å². The van der Waals surface area contributed by atoms with Crippen LogP contribution in [-0.4, -0.2) is 40.9 Å². The van der Waals surface area contributed by atoms with Gasteiger partial charge in [0.15, 0.2) is 0 Å². The molecule has 0 heterocycles. The van der Waals surface area contributed by atoms with Gasteiger partial charge in [0.1, 0.15) is 29.5 Å². The molecule has 0 saturated carbocycles. The molecule has 192 valence electrons. The van der Waals surface area contributed by atoms with E-state index in [0.29, 0.717) is 5.56 Å². The van der Waals surface area contributed by atoms with Gasteiger partial charge in [-0.05, 0) is 86.3 Å². The Balaban J connectivity index is 3.22. The first-order chi connectivity index (χ1) is 15.4. The molecule has 1 aromatic rings. The Morgan fingerprint density at radius 3 is 1.65 bits per heavy atom. The van der Waals surface area contributed by atoms with Crippen molar-refractivity contribution >= 4 is 18.0 Å². The summed E-state index contributed by atoms with van der Waals surface area (Å²) in [4.78, 5) is 38.5. The normalized spacial score (nSPS) is 14.1.